The molecule has 1 aliphatic rings. The molecule has 0 saturated carbocycles. The van der Waals surface area contributed by atoms with Gasteiger partial charge >= 0.3 is 0 Å². The van der Waals surface area contributed by atoms with Crippen LogP contribution in [0.2, 0.25) is 0 Å². The van der Waals surface area contributed by atoms with Gasteiger partial charge in [-0.25, -0.2) is 4.98 Å². The molecule has 0 spiro atoms. The SMILES string of the molecule is N#Cc1cccc(CNC(=O)CCn2cnc3sc4c(c3c2=O)CCCC4)c1. The molecular formula is C21H20N4O2S. The number of amides is 1. The topological polar surface area (TPSA) is 87.8 Å². The molecule has 142 valence electrons. The number of aromatic nitrogens is 2. The molecule has 7 heteroatoms. The van der Waals surface area contributed by atoms with Crippen molar-refractivity contribution in [3.63, 3.8) is 0 Å². The lowest BCUT2D eigenvalue weighted by molar-refractivity contribution is -0.121. The molecule has 6 nitrogen and oxygen atoms in total. The van der Waals surface area contributed by atoms with Crippen LogP contribution in [-0.2, 0) is 30.7 Å². The summed E-state index contributed by atoms with van der Waals surface area (Å²) >= 11 is 1.63. The summed E-state index contributed by atoms with van der Waals surface area (Å²) in [6, 6.07) is 9.22. The van der Waals surface area contributed by atoms with Crippen LogP contribution in [0.5, 0.6) is 0 Å². The van der Waals surface area contributed by atoms with E-state index in [1.165, 1.54) is 16.9 Å². The van der Waals surface area contributed by atoms with E-state index in [0.717, 1.165) is 35.0 Å². The van der Waals surface area contributed by atoms with Gasteiger partial charge in [-0.05, 0) is 48.9 Å². The molecule has 0 bridgehead atoms. The summed E-state index contributed by atoms with van der Waals surface area (Å²) in [4.78, 5) is 31.6. The van der Waals surface area contributed by atoms with E-state index in [2.05, 4.69) is 16.4 Å². The summed E-state index contributed by atoms with van der Waals surface area (Å²) < 4.78 is 1.54. The van der Waals surface area contributed by atoms with E-state index < -0.39 is 0 Å². The van der Waals surface area contributed by atoms with E-state index in [-0.39, 0.29) is 17.9 Å². The lowest BCUT2D eigenvalue weighted by Crippen LogP contribution is -2.27. The molecule has 2 heterocycles. The maximum absolute atomic E-state index is 12.9. The van der Waals surface area contributed by atoms with Crippen molar-refractivity contribution >= 4 is 27.5 Å². The summed E-state index contributed by atoms with van der Waals surface area (Å²) in [7, 11) is 0. The number of nitrogens with zero attached hydrogens (tertiary/aromatic N) is 3. The van der Waals surface area contributed by atoms with E-state index >= 15 is 0 Å². The zero-order valence-corrected chi connectivity index (χ0v) is 16.2. The van der Waals surface area contributed by atoms with Crippen molar-refractivity contribution < 1.29 is 4.79 Å². The van der Waals surface area contributed by atoms with Gasteiger partial charge in [-0.15, -0.1) is 11.3 Å². The van der Waals surface area contributed by atoms with Crippen LogP contribution in [0.25, 0.3) is 10.2 Å². The van der Waals surface area contributed by atoms with Crippen molar-refractivity contribution in [2.24, 2.45) is 0 Å². The zero-order chi connectivity index (χ0) is 19.5. The number of nitriles is 1. The minimum absolute atomic E-state index is 0.0427. The number of carbonyl (C=O) groups excluding carboxylic acids is 1. The molecule has 28 heavy (non-hydrogen) atoms. The highest BCUT2D eigenvalue weighted by molar-refractivity contribution is 7.18. The lowest BCUT2D eigenvalue weighted by Gasteiger charge is -2.10. The third-order valence-electron chi connectivity index (χ3n) is 5.07. The Morgan fingerprint density at radius 1 is 1.32 bits per heavy atom. The Morgan fingerprint density at radius 3 is 3.04 bits per heavy atom. The highest BCUT2D eigenvalue weighted by Gasteiger charge is 2.20. The Hall–Kier alpha value is -2.98. The number of hydrogen-bond acceptors (Lipinski definition) is 5. The minimum Gasteiger partial charge on any atom is -0.352 e. The van der Waals surface area contributed by atoms with Gasteiger partial charge in [0, 0.05) is 24.4 Å². The van der Waals surface area contributed by atoms with Crippen LogP contribution < -0.4 is 10.9 Å². The lowest BCUT2D eigenvalue weighted by atomic mass is 9.97. The maximum atomic E-state index is 12.9. The van der Waals surface area contributed by atoms with Crippen molar-refractivity contribution in [3.8, 4) is 6.07 Å². The average molecular weight is 392 g/mol. The van der Waals surface area contributed by atoms with E-state index in [0.29, 0.717) is 18.7 Å². The quantitative estimate of drug-likeness (QED) is 0.723. The summed E-state index contributed by atoms with van der Waals surface area (Å²) in [5, 5.41) is 12.5. The number of hydrogen-bond donors (Lipinski definition) is 1. The fraction of sp³-hybridized carbons (Fsp3) is 0.333. The fourth-order valence-corrected chi connectivity index (χ4v) is 4.82. The second-order valence-electron chi connectivity index (χ2n) is 6.97. The standard InChI is InChI=1S/C21H20N4O2S/c22-11-14-4-3-5-15(10-14)12-23-18(26)8-9-25-13-24-20-19(21(25)27)16-6-1-2-7-17(16)28-20/h3-5,10,13H,1-2,6-9,12H2,(H,23,26). The molecule has 0 saturated heterocycles. The molecule has 2 aromatic heterocycles. The number of thiophene rings is 1. The largest absolute Gasteiger partial charge is 0.352 e. The predicted molar refractivity (Wildman–Crippen MR) is 108 cm³/mol. The van der Waals surface area contributed by atoms with Crippen LogP contribution in [0.4, 0.5) is 0 Å². The van der Waals surface area contributed by atoms with Crippen molar-refractivity contribution in [1.29, 1.82) is 5.26 Å². The first-order valence-corrected chi connectivity index (χ1v) is 10.2. The van der Waals surface area contributed by atoms with Crippen LogP contribution in [0.1, 0.15) is 40.8 Å². The molecule has 1 aromatic carbocycles. The molecule has 0 aliphatic heterocycles. The number of nitrogens with one attached hydrogen (secondary N) is 1. The first kappa shape index (κ1) is 18.4. The summed E-state index contributed by atoms with van der Waals surface area (Å²) in [6.45, 7) is 0.662. The van der Waals surface area contributed by atoms with Crippen molar-refractivity contribution in [1.82, 2.24) is 14.9 Å². The molecule has 0 atom stereocenters. The van der Waals surface area contributed by atoms with Gasteiger partial charge in [0.15, 0.2) is 0 Å². The minimum atomic E-state index is -0.137. The van der Waals surface area contributed by atoms with Crippen LogP contribution in [0.3, 0.4) is 0 Å². The van der Waals surface area contributed by atoms with Gasteiger partial charge < -0.3 is 5.32 Å². The third-order valence-corrected chi connectivity index (χ3v) is 6.27. The highest BCUT2D eigenvalue weighted by atomic mass is 32.1. The van der Waals surface area contributed by atoms with Crippen molar-refractivity contribution in [2.45, 2.75) is 45.2 Å². The van der Waals surface area contributed by atoms with E-state index in [1.54, 1.807) is 40.4 Å². The smallest absolute Gasteiger partial charge is 0.262 e. The van der Waals surface area contributed by atoms with Crippen molar-refractivity contribution in [3.05, 3.63) is 62.5 Å². The van der Waals surface area contributed by atoms with E-state index in [1.807, 2.05) is 6.07 Å². The molecule has 4 rings (SSSR count). The normalized spacial score (nSPS) is 13.1. The van der Waals surface area contributed by atoms with Crippen LogP contribution >= 0.6 is 11.3 Å². The second-order valence-corrected chi connectivity index (χ2v) is 8.06. The Morgan fingerprint density at radius 2 is 2.18 bits per heavy atom. The second kappa shape index (κ2) is 7.95. The van der Waals surface area contributed by atoms with Gasteiger partial charge in [0.2, 0.25) is 5.91 Å². The van der Waals surface area contributed by atoms with E-state index in [4.69, 9.17) is 5.26 Å². The monoisotopic (exact) mass is 392 g/mol. The van der Waals surface area contributed by atoms with Crippen LogP contribution in [-0.4, -0.2) is 15.5 Å². The molecule has 0 fully saturated rings. The number of fused-ring (bicyclic) bond motifs is 3. The molecular weight excluding hydrogens is 372 g/mol. The molecule has 0 unspecified atom stereocenters. The fourth-order valence-electron chi connectivity index (χ4n) is 3.60. The highest BCUT2D eigenvalue weighted by Crippen LogP contribution is 2.33. The summed E-state index contributed by atoms with van der Waals surface area (Å²) in [5.41, 5.74) is 2.56. The van der Waals surface area contributed by atoms with Crippen molar-refractivity contribution in [2.75, 3.05) is 0 Å². The van der Waals surface area contributed by atoms with Gasteiger partial charge in [-0.1, -0.05) is 12.1 Å². The van der Waals surface area contributed by atoms with Crippen LogP contribution in [0.15, 0.2) is 35.4 Å². The first-order chi connectivity index (χ1) is 13.7. The van der Waals surface area contributed by atoms with Gasteiger partial charge in [-0.2, -0.15) is 5.26 Å². The first-order valence-electron chi connectivity index (χ1n) is 9.41. The Kier molecular flexibility index (Phi) is 5.22. The maximum Gasteiger partial charge on any atom is 0.262 e. The number of rotatable bonds is 5. The number of carbonyl (C=O) groups is 1. The van der Waals surface area contributed by atoms with Gasteiger partial charge in [-0.3, -0.25) is 14.2 Å². The number of benzene rings is 1. The zero-order valence-electron chi connectivity index (χ0n) is 15.4. The molecule has 3 aromatic rings. The predicted octanol–water partition coefficient (Wildman–Crippen LogP) is 2.91. The molecule has 1 amide bonds. The molecule has 1 aliphatic carbocycles. The van der Waals surface area contributed by atoms with Gasteiger partial charge in [0.05, 0.1) is 23.3 Å². The van der Waals surface area contributed by atoms with Gasteiger partial charge in [0.25, 0.3) is 5.56 Å². The Bertz CT molecular complexity index is 1140. The molecule has 0 radical (unpaired) electrons. The van der Waals surface area contributed by atoms with Gasteiger partial charge in [0.1, 0.15) is 4.83 Å². The summed E-state index contributed by atoms with van der Waals surface area (Å²) in [5.74, 6) is -0.137. The van der Waals surface area contributed by atoms with E-state index in [9.17, 15) is 9.59 Å². The number of aryl methyl sites for hydroxylation is 3. The summed E-state index contributed by atoms with van der Waals surface area (Å²) in [6.07, 6.45) is 6.02. The molecule has 1 N–H and O–H groups in total. The van der Waals surface area contributed by atoms with Crippen LogP contribution in [0, 0.1) is 11.3 Å². The third kappa shape index (κ3) is 3.69. The Labute approximate surface area is 166 Å². The average Bonchev–Trinajstić information content (AvgIpc) is 3.11. The Balaban J connectivity index is 1.42.